The Balaban J connectivity index is 2.54. The van der Waals surface area contributed by atoms with Crippen LogP contribution in [0.5, 0.6) is 5.75 Å². The van der Waals surface area contributed by atoms with Gasteiger partial charge < -0.3 is 10.1 Å². The molecule has 1 unspecified atom stereocenters. The van der Waals surface area contributed by atoms with E-state index in [1.54, 1.807) is 0 Å². The van der Waals surface area contributed by atoms with Crippen LogP contribution in [-0.4, -0.2) is 13.7 Å². The van der Waals surface area contributed by atoms with E-state index in [2.05, 4.69) is 18.3 Å². The highest BCUT2D eigenvalue weighted by Gasteiger charge is 2.22. The summed E-state index contributed by atoms with van der Waals surface area (Å²) in [7, 11) is 1.99. The van der Waals surface area contributed by atoms with E-state index in [-0.39, 0.29) is 0 Å². The van der Waals surface area contributed by atoms with Crippen molar-refractivity contribution in [3.63, 3.8) is 0 Å². The average Bonchev–Trinajstić information content (AvgIpc) is 2.46. The van der Waals surface area contributed by atoms with Crippen LogP contribution >= 0.6 is 11.6 Å². The Morgan fingerprint density at radius 2 is 2.27 bits per heavy atom. The molecule has 0 amide bonds. The van der Waals surface area contributed by atoms with Crippen LogP contribution < -0.4 is 10.1 Å². The molecular formula is C12H16ClNO. The Morgan fingerprint density at radius 1 is 1.47 bits per heavy atom. The van der Waals surface area contributed by atoms with Crippen LogP contribution in [0.15, 0.2) is 12.1 Å². The lowest BCUT2D eigenvalue weighted by Gasteiger charge is -2.19. The van der Waals surface area contributed by atoms with Crippen LogP contribution in [0.2, 0.25) is 5.02 Å². The number of halogens is 1. The second kappa shape index (κ2) is 4.42. The first-order valence-corrected chi connectivity index (χ1v) is 5.71. The van der Waals surface area contributed by atoms with Gasteiger partial charge in [-0.3, -0.25) is 0 Å². The molecule has 0 bridgehead atoms. The summed E-state index contributed by atoms with van der Waals surface area (Å²) in [4.78, 5) is 0. The van der Waals surface area contributed by atoms with E-state index < -0.39 is 0 Å². The minimum atomic E-state index is 0.362. The summed E-state index contributed by atoms with van der Waals surface area (Å²) >= 11 is 6.16. The fourth-order valence-electron chi connectivity index (χ4n) is 2.15. The third-order valence-electron chi connectivity index (χ3n) is 2.95. The van der Waals surface area contributed by atoms with Crippen molar-refractivity contribution in [3.8, 4) is 5.75 Å². The van der Waals surface area contributed by atoms with Crippen LogP contribution in [0.4, 0.5) is 0 Å². The molecule has 2 rings (SSSR count). The number of nitrogens with one attached hydrogen (secondary N) is 1. The Bertz CT molecular complexity index is 365. The maximum absolute atomic E-state index is 6.16. The molecule has 0 saturated carbocycles. The minimum absolute atomic E-state index is 0.362. The summed E-state index contributed by atoms with van der Waals surface area (Å²) < 4.78 is 5.72. The highest BCUT2D eigenvalue weighted by molar-refractivity contribution is 6.32. The summed E-state index contributed by atoms with van der Waals surface area (Å²) in [6.07, 6.45) is 2.17. The van der Waals surface area contributed by atoms with Gasteiger partial charge in [0.15, 0.2) is 0 Å². The van der Waals surface area contributed by atoms with Gasteiger partial charge in [-0.05, 0) is 38.4 Å². The van der Waals surface area contributed by atoms with Gasteiger partial charge in [0.2, 0.25) is 0 Å². The van der Waals surface area contributed by atoms with Crippen LogP contribution in [0, 0.1) is 6.92 Å². The maximum atomic E-state index is 6.16. The van der Waals surface area contributed by atoms with Gasteiger partial charge in [-0.1, -0.05) is 17.7 Å². The first kappa shape index (κ1) is 10.8. The lowest BCUT2D eigenvalue weighted by atomic mass is 9.97. The molecule has 0 saturated heterocycles. The maximum Gasteiger partial charge on any atom is 0.142 e. The summed E-state index contributed by atoms with van der Waals surface area (Å²) in [6, 6.07) is 4.33. The van der Waals surface area contributed by atoms with Crippen LogP contribution in [-0.2, 0) is 0 Å². The van der Waals surface area contributed by atoms with E-state index in [1.165, 1.54) is 11.1 Å². The fourth-order valence-corrected chi connectivity index (χ4v) is 2.37. The van der Waals surface area contributed by atoms with Crippen molar-refractivity contribution >= 4 is 11.6 Å². The predicted molar refractivity (Wildman–Crippen MR) is 62.7 cm³/mol. The van der Waals surface area contributed by atoms with Gasteiger partial charge in [-0.15, -0.1) is 0 Å². The summed E-state index contributed by atoms with van der Waals surface area (Å²) in [5, 5.41) is 4.05. The van der Waals surface area contributed by atoms with Gasteiger partial charge in [0.05, 0.1) is 11.6 Å². The van der Waals surface area contributed by atoms with Crippen molar-refractivity contribution in [2.24, 2.45) is 0 Å². The Labute approximate surface area is 95.6 Å². The van der Waals surface area contributed by atoms with Crippen LogP contribution in [0.3, 0.4) is 0 Å². The van der Waals surface area contributed by atoms with E-state index in [1.807, 2.05) is 13.1 Å². The molecule has 0 fully saturated rings. The molecule has 0 spiro atoms. The molecule has 0 radical (unpaired) electrons. The zero-order chi connectivity index (χ0) is 10.8. The van der Waals surface area contributed by atoms with Gasteiger partial charge in [-0.2, -0.15) is 0 Å². The highest BCUT2D eigenvalue weighted by Crippen LogP contribution is 2.38. The van der Waals surface area contributed by atoms with E-state index in [9.17, 15) is 0 Å². The minimum Gasteiger partial charge on any atom is -0.492 e. The summed E-state index contributed by atoms with van der Waals surface area (Å²) in [6.45, 7) is 2.86. The summed E-state index contributed by atoms with van der Waals surface area (Å²) in [5.74, 6) is 0.869. The van der Waals surface area contributed by atoms with Gasteiger partial charge in [0.25, 0.3) is 0 Å². The highest BCUT2D eigenvalue weighted by atomic mass is 35.5. The van der Waals surface area contributed by atoms with Gasteiger partial charge in [0, 0.05) is 11.6 Å². The lowest BCUT2D eigenvalue weighted by Crippen LogP contribution is -2.16. The van der Waals surface area contributed by atoms with Crippen LogP contribution in [0.1, 0.15) is 30.0 Å². The second-order valence-electron chi connectivity index (χ2n) is 3.94. The van der Waals surface area contributed by atoms with Gasteiger partial charge in [-0.25, -0.2) is 0 Å². The lowest BCUT2D eigenvalue weighted by molar-refractivity contribution is 0.315. The quantitative estimate of drug-likeness (QED) is 0.793. The zero-order valence-electron chi connectivity index (χ0n) is 9.14. The molecule has 0 aromatic heterocycles. The number of fused-ring (bicyclic) bond motifs is 1. The molecule has 1 aliphatic heterocycles. The summed E-state index contributed by atoms with van der Waals surface area (Å²) in [5.41, 5.74) is 2.47. The smallest absolute Gasteiger partial charge is 0.142 e. The number of ether oxygens (including phenoxy) is 1. The first-order chi connectivity index (χ1) is 7.24. The Kier molecular flexibility index (Phi) is 3.17. The number of hydrogen-bond donors (Lipinski definition) is 1. The third-order valence-corrected chi connectivity index (χ3v) is 3.24. The average molecular weight is 226 g/mol. The van der Waals surface area contributed by atoms with Crippen molar-refractivity contribution in [1.29, 1.82) is 0 Å². The molecule has 82 valence electrons. The number of hydrogen-bond acceptors (Lipinski definition) is 2. The largest absolute Gasteiger partial charge is 0.492 e. The fraction of sp³-hybridized carbons (Fsp3) is 0.500. The van der Waals surface area contributed by atoms with E-state index in [0.29, 0.717) is 6.04 Å². The molecule has 1 N–H and O–H groups in total. The molecule has 1 heterocycles. The molecular weight excluding hydrogens is 210 g/mol. The Hall–Kier alpha value is -0.730. The number of rotatable bonds is 1. The van der Waals surface area contributed by atoms with Crippen molar-refractivity contribution in [1.82, 2.24) is 5.32 Å². The number of aryl methyl sites for hydroxylation is 1. The van der Waals surface area contributed by atoms with Gasteiger partial charge in [0.1, 0.15) is 5.75 Å². The molecule has 15 heavy (non-hydrogen) atoms. The van der Waals surface area contributed by atoms with Gasteiger partial charge >= 0.3 is 0 Å². The topological polar surface area (TPSA) is 21.3 Å². The molecule has 1 aliphatic rings. The standard InChI is InChI=1S/C12H16ClNO/c1-8-5-6-9(13)12-11(8)10(14-2)4-3-7-15-12/h5-6,10,14H,3-4,7H2,1-2H3. The van der Waals surface area contributed by atoms with Crippen molar-refractivity contribution < 1.29 is 4.74 Å². The van der Waals surface area contributed by atoms with E-state index in [0.717, 1.165) is 30.2 Å². The van der Waals surface area contributed by atoms with Crippen molar-refractivity contribution in [3.05, 3.63) is 28.3 Å². The monoisotopic (exact) mass is 225 g/mol. The SMILES string of the molecule is CNC1CCCOc2c(Cl)ccc(C)c21. The van der Waals surface area contributed by atoms with E-state index >= 15 is 0 Å². The second-order valence-corrected chi connectivity index (χ2v) is 4.35. The first-order valence-electron chi connectivity index (χ1n) is 5.33. The zero-order valence-corrected chi connectivity index (χ0v) is 9.90. The third kappa shape index (κ3) is 1.97. The normalized spacial score (nSPS) is 20.3. The van der Waals surface area contributed by atoms with E-state index in [4.69, 9.17) is 16.3 Å². The Morgan fingerprint density at radius 3 is 3.00 bits per heavy atom. The molecule has 1 atom stereocenters. The van der Waals surface area contributed by atoms with Crippen LogP contribution in [0.25, 0.3) is 0 Å². The molecule has 0 aliphatic carbocycles. The molecule has 1 aromatic carbocycles. The molecule has 2 nitrogen and oxygen atoms in total. The van der Waals surface area contributed by atoms with Crippen molar-refractivity contribution in [2.45, 2.75) is 25.8 Å². The molecule has 3 heteroatoms. The van der Waals surface area contributed by atoms with Crippen molar-refractivity contribution in [2.75, 3.05) is 13.7 Å². The number of benzene rings is 1. The molecule has 1 aromatic rings. The predicted octanol–water partition coefficient (Wildman–Crippen LogP) is 3.08.